The molecule has 0 heterocycles. The van der Waals surface area contributed by atoms with Crippen LogP contribution in [0.15, 0.2) is 30.3 Å². The van der Waals surface area contributed by atoms with Gasteiger partial charge in [0.1, 0.15) is 11.5 Å². The molecule has 2 atom stereocenters. The van der Waals surface area contributed by atoms with Gasteiger partial charge in [0.2, 0.25) is 0 Å². The maximum absolute atomic E-state index is 6.36. The lowest BCUT2D eigenvalue weighted by Gasteiger charge is -2.20. The van der Waals surface area contributed by atoms with Gasteiger partial charge >= 0.3 is 0 Å². The average molecular weight is 419 g/mol. The standard InChI is InChI=1S/C26H39ClO2/c1-5-8-9-13-23(7-3)29-26-17-14-21-19-24(15-16-25(21)20(26)4)28-18-11-10-12-22(27)6-2/h14-17,19,22-23H,5-13,18H2,1-4H3. The zero-order valence-corrected chi connectivity index (χ0v) is 19.6. The number of alkyl halides is 1. The van der Waals surface area contributed by atoms with E-state index in [2.05, 4.69) is 58.0 Å². The molecule has 162 valence electrons. The summed E-state index contributed by atoms with van der Waals surface area (Å²) in [4.78, 5) is 0. The minimum Gasteiger partial charge on any atom is -0.494 e. The lowest BCUT2D eigenvalue weighted by molar-refractivity contribution is 0.182. The van der Waals surface area contributed by atoms with E-state index in [0.717, 1.165) is 56.6 Å². The van der Waals surface area contributed by atoms with E-state index in [-0.39, 0.29) is 0 Å². The van der Waals surface area contributed by atoms with Crippen molar-refractivity contribution in [3.63, 3.8) is 0 Å². The summed E-state index contributed by atoms with van der Waals surface area (Å²) >= 11 is 6.18. The Morgan fingerprint density at radius 2 is 1.69 bits per heavy atom. The van der Waals surface area contributed by atoms with Crippen molar-refractivity contribution < 1.29 is 9.47 Å². The summed E-state index contributed by atoms with van der Waals surface area (Å²) in [6, 6.07) is 10.7. The van der Waals surface area contributed by atoms with Crippen LogP contribution in [-0.2, 0) is 0 Å². The van der Waals surface area contributed by atoms with Gasteiger partial charge in [0.25, 0.3) is 0 Å². The molecule has 0 saturated heterocycles. The molecular weight excluding hydrogens is 380 g/mol. The molecule has 0 radical (unpaired) electrons. The Morgan fingerprint density at radius 1 is 0.897 bits per heavy atom. The van der Waals surface area contributed by atoms with Crippen LogP contribution in [0.5, 0.6) is 11.5 Å². The molecule has 2 aromatic rings. The van der Waals surface area contributed by atoms with E-state index in [1.807, 2.05) is 0 Å². The number of hydrogen-bond donors (Lipinski definition) is 0. The van der Waals surface area contributed by atoms with E-state index >= 15 is 0 Å². The maximum Gasteiger partial charge on any atom is 0.123 e. The van der Waals surface area contributed by atoms with E-state index in [9.17, 15) is 0 Å². The van der Waals surface area contributed by atoms with Crippen LogP contribution in [0.4, 0.5) is 0 Å². The number of hydrogen-bond acceptors (Lipinski definition) is 2. The molecule has 2 rings (SSSR count). The minimum atomic E-state index is 0.300. The number of ether oxygens (including phenoxy) is 2. The third-order valence-corrected chi connectivity index (χ3v) is 6.24. The predicted octanol–water partition coefficient (Wildman–Crippen LogP) is 8.45. The molecule has 0 spiro atoms. The van der Waals surface area contributed by atoms with Crippen molar-refractivity contribution in [1.82, 2.24) is 0 Å². The molecule has 2 aromatic carbocycles. The van der Waals surface area contributed by atoms with Crippen LogP contribution in [-0.4, -0.2) is 18.1 Å². The van der Waals surface area contributed by atoms with Crippen molar-refractivity contribution in [2.75, 3.05) is 6.61 Å². The van der Waals surface area contributed by atoms with E-state index in [4.69, 9.17) is 21.1 Å². The smallest absolute Gasteiger partial charge is 0.123 e. The number of rotatable bonds is 14. The summed E-state index contributed by atoms with van der Waals surface area (Å²) in [5, 5.41) is 2.75. The summed E-state index contributed by atoms with van der Waals surface area (Å²) in [6.07, 6.45) is 10.5. The highest BCUT2D eigenvalue weighted by molar-refractivity contribution is 6.20. The van der Waals surface area contributed by atoms with Crippen LogP contribution in [0.25, 0.3) is 10.8 Å². The molecular formula is C26H39ClO2. The fraction of sp³-hybridized carbons (Fsp3) is 0.615. The van der Waals surface area contributed by atoms with Gasteiger partial charge in [-0.3, -0.25) is 0 Å². The number of fused-ring (bicyclic) bond motifs is 1. The molecule has 0 fully saturated rings. The van der Waals surface area contributed by atoms with E-state index < -0.39 is 0 Å². The van der Waals surface area contributed by atoms with Crippen LogP contribution in [0.2, 0.25) is 0 Å². The minimum absolute atomic E-state index is 0.300. The lowest BCUT2D eigenvalue weighted by atomic mass is 10.0. The summed E-state index contributed by atoms with van der Waals surface area (Å²) in [7, 11) is 0. The fourth-order valence-corrected chi connectivity index (χ4v) is 3.83. The number of benzene rings is 2. The van der Waals surface area contributed by atoms with Gasteiger partial charge < -0.3 is 9.47 Å². The maximum atomic E-state index is 6.36. The fourth-order valence-electron chi connectivity index (χ4n) is 3.67. The number of halogens is 1. The topological polar surface area (TPSA) is 18.5 Å². The van der Waals surface area contributed by atoms with Gasteiger partial charge in [0.05, 0.1) is 12.7 Å². The first-order chi connectivity index (χ1) is 14.1. The Kier molecular flexibility index (Phi) is 10.7. The monoisotopic (exact) mass is 418 g/mol. The molecule has 0 aliphatic heterocycles. The van der Waals surface area contributed by atoms with Crippen LogP contribution in [0.1, 0.15) is 84.1 Å². The molecule has 0 bridgehead atoms. The first-order valence-electron chi connectivity index (χ1n) is 11.6. The Hall–Kier alpha value is -1.41. The highest BCUT2D eigenvalue weighted by Crippen LogP contribution is 2.31. The third kappa shape index (κ3) is 7.74. The molecule has 2 nitrogen and oxygen atoms in total. The predicted molar refractivity (Wildman–Crippen MR) is 127 cm³/mol. The van der Waals surface area contributed by atoms with Crippen LogP contribution < -0.4 is 9.47 Å². The summed E-state index contributed by atoms with van der Waals surface area (Å²) in [6.45, 7) is 9.50. The molecule has 29 heavy (non-hydrogen) atoms. The molecule has 0 N–H and O–H groups in total. The lowest BCUT2D eigenvalue weighted by Crippen LogP contribution is -2.15. The number of unbranched alkanes of at least 4 members (excludes halogenated alkanes) is 3. The Balaban J connectivity index is 1.95. The second-order valence-corrected chi connectivity index (χ2v) is 8.68. The van der Waals surface area contributed by atoms with E-state index in [0.29, 0.717) is 11.5 Å². The van der Waals surface area contributed by atoms with Crippen molar-refractivity contribution in [2.24, 2.45) is 0 Å². The van der Waals surface area contributed by atoms with Crippen LogP contribution >= 0.6 is 11.6 Å². The Morgan fingerprint density at radius 3 is 2.41 bits per heavy atom. The van der Waals surface area contributed by atoms with Crippen molar-refractivity contribution in [1.29, 1.82) is 0 Å². The van der Waals surface area contributed by atoms with Gasteiger partial charge in [-0.25, -0.2) is 0 Å². The van der Waals surface area contributed by atoms with Crippen molar-refractivity contribution in [2.45, 2.75) is 97.0 Å². The quantitative estimate of drug-likeness (QED) is 0.226. The second kappa shape index (κ2) is 13.0. The highest BCUT2D eigenvalue weighted by atomic mass is 35.5. The van der Waals surface area contributed by atoms with Gasteiger partial charge in [-0.05, 0) is 86.4 Å². The van der Waals surface area contributed by atoms with E-state index in [1.165, 1.54) is 35.6 Å². The Labute approximate surface area is 182 Å². The first-order valence-corrected chi connectivity index (χ1v) is 12.0. The molecule has 0 aromatic heterocycles. The summed E-state index contributed by atoms with van der Waals surface area (Å²) in [5.74, 6) is 1.95. The zero-order valence-electron chi connectivity index (χ0n) is 18.8. The molecule has 0 aliphatic rings. The number of aryl methyl sites for hydroxylation is 1. The van der Waals surface area contributed by atoms with Gasteiger partial charge in [-0.1, -0.05) is 45.7 Å². The van der Waals surface area contributed by atoms with Gasteiger partial charge in [-0.15, -0.1) is 11.6 Å². The molecule has 0 aliphatic carbocycles. The van der Waals surface area contributed by atoms with Crippen molar-refractivity contribution in [3.05, 3.63) is 35.9 Å². The second-order valence-electron chi connectivity index (χ2n) is 8.07. The first kappa shape index (κ1) is 23.9. The average Bonchev–Trinajstić information content (AvgIpc) is 2.74. The molecule has 2 unspecified atom stereocenters. The third-order valence-electron chi connectivity index (χ3n) is 5.71. The summed E-state index contributed by atoms with van der Waals surface area (Å²) < 4.78 is 12.3. The SMILES string of the molecule is CCCCCC(CC)Oc1ccc2cc(OCCCCC(Cl)CC)ccc2c1C. The zero-order chi connectivity index (χ0) is 21.1. The van der Waals surface area contributed by atoms with Crippen LogP contribution in [0.3, 0.4) is 0 Å². The molecule has 3 heteroatoms. The van der Waals surface area contributed by atoms with Gasteiger partial charge in [-0.2, -0.15) is 0 Å². The summed E-state index contributed by atoms with van der Waals surface area (Å²) in [5.41, 5.74) is 1.22. The van der Waals surface area contributed by atoms with Gasteiger partial charge in [0, 0.05) is 5.38 Å². The van der Waals surface area contributed by atoms with Crippen molar-refractivity contribution in [3.8, 4) is 11.5 Å². The Bertz CT molecular complexity index is 728. The van der Waals surface area contributed by atoms with Gasteiger partial charge in [0.15, 0.2) is 0 Å². The van der Waals surface area contributed by atoms with E-state index in [1.54, 1.807) is 0 Å². The molecule has 0 saturated carbocycles. The molecule has 0 amide bonds. The van der Waals surface area contributed by atoms with Crippen molar-refractivity contribution >= 4 is 22.4 Å². The van der Waals surface area contributed by atoms with Crippen LogP contribution in [0, 0.1) is 6.92 Å². The normalized spacial score (nSPS) is 13.4. The largest absolute Gasteiger partial charge is 0.494 e. The highest BCUT2D eigenvalue weighted by Gasteiger charge is 2.12.